The lowest BCUT2D eigenvalue weighted by atomic mass is 9.76. The molecule has 11 nitrogen and oxygen atoms in total. The molecule has 0 saturated carbocycles. The van der Waals surface area contributed by atoms with Gasteiger partial charge in [0.1, 0.15) is 5.54 Å². The van der Waals surface area contributed by atoms with Crippen molar-refractivity contribution in [2.24, 2.45) is 0 Å². The van der Waals surface area contributed by atoms with Gasteiger partial charge in [0.25, 0.3) is 0 Å². The summed E-state index contributed by atoms with van der Waals surface area (Å²) in [6, 6.07) is 7.33. The minimum atomic E-state index is -1.63. The molecule has 2 aromatic rings. The SMILES string of the molecule is CC(=O)Oc1ccc(CC2(C(=O)O)c3cc(OC(C)=O)c(OC(C)=O)cc3CCN2C)cc1OC(C)=O. The Balaban J connectivity index is 2.18. The van der Waals surface area contributed by atoms with E-state index in [-0.39, 0.29) is 29.4 Å². The summed E-state index contributed by atoms with van der Waals surface area (Å²) in [5.74, 6) is -3.86. The molecule has 0 spiro atoms. The molecule has 1 aliphatic heterocycles. The summed E-state index contributed by atoms with van der Waals surface area (Å²) in [5.41, 5.74) is -0.219. The lowest BCUT2D eigenvalue weighted by molar-refractivity contribution is -0.152. The molecule has 0 aromatic heterocycles. The average molecular weight is 513 g/mol. The number of carboxylic acid groups (broad SMARTS) is 1. The topological polar surface area (TPSA) is 146 Å². The number of esters is 4. The highest BCUT2D eigenvalue weighted by atomic mass is 16.6. The number of hydrogen-bond acceptors (Lipinski definition) is 10. The van der Waals surface area contributed by atoms with E-state index in [1.165, 1.54) is 52.0 Å². The van der Waals surface area contributed by atoms with Crippen molar-refractivity contribution in [3.05, 3.63) is 47.0 Å². The monoisotopic (exact) mass is 513 g/mol. The van der Waals surface area contributed by atoms with Crippen molar-refractivity contribution >= 4 is 29.8 Å². The minimum absolute atomic E-state index is 0.00757. The minimum Gasteiger partial charge on any atom is -0.480 e. The Kier molecular flexibility index (Phi) is 7.97. The number of carbonyl (C=O) groups excluding carboxylic acids is 4. The molecular formula is C26H27NO10. The van der Waals surface area contributed by atoms with E-state index in [0.717, 1.165) is 0 Å². The summed E-state index contributed by atoms with van der Waals surface area (Å²) in [6.45, 7) is 5.12. The number of carbonyl (C=O) groups is 5. The van der Waals surface area contributed by atoms with E-state index < -0.39 is 35.4 Å². The van der Waals surface area contributed by atoms with E-state index in [9.17, 15) is 29.1 Å². The zero-order valence-corrected chi connectivity index (χ0v) is 21.1. The van der Waals surface area contributed by atoms with Crippen LogP contribution in [0.1, 0.15) is 44.4 Å². The maximum Gasteiger partial charge on any atom is 0.329 e. The first-order valence-electron chi connectivity index (χ1n) is 11.3. The standard InChI is InChI=1S/C26H27NO10/c1-14(28)34-21-7-6-18(10-22(21)35-15(2)29)13-26(25(32)33)20-12-24(37-17(4)31)23(36-16(3)30)11-19(20)8-9-27(26)5/h6-7,10-12H,8-9,13H2,1-5H3,(H,32,33). The Morgan fingerprint density at radius 2 is 1.27 bits per heavy atom. The largest absolute Gasteiger partial charge is 0.480 e. The summed E-state index contributed by atoms with van der Waals surface area (Å²) in [7, 11) is 1.66. The van der Waals surface area contributed by atoms with Gasteiger partial charge >= 0.3 is 29.8 Å². The van der Waals surface area contributed by atoms with Gasteiger partial charge in [0.2, 0.25) is 0 Å². The predicted molar refractivity (Wildman–Crippen MR) is 127 cm³/mol. The first-order valence-corrected chi connectivity index (χ1v) is 11.3. The fourth-order valence-electron chi connectivity index (χ4n) is 4.36. The lowest BCUT2D eigenvalue weighted by Crippen LogP contribution is -2.55. The second-order valence-corrected chi connectivity index (χ2v) is 8.63. The first-order chi connectivity index (χ1) is 17.3. The van der Waals surface area contributed by atoms with Gasteiger partial charge in [-0.15, -0.1) is 0 Å². The van der Waals surface area contributed by atoms with Gasteiger partial charge < -0.3 is 24.1 Å². The van der Waals surface area contributed by atoms with Gasteiger partial charge in [-0.2, -0.15) is 0 Å². The molecule has 1 aliphatic rings. The van der Waals surface area contributed by atoms with Crippen molar-refractivity contribution in [2.75, 3.05) is 13.6 Å². The third-order valence-corrected chi connectivity index (χ3v) is 5.82. The van der Waals surface area contributed by atoms with E-state index in [2.05, 4.69) is 0 Å². The maximum absolute atomic E-state index is 12.9. The van der Waals surface area contributed by atoms with Crippen LogP contribution in [-0.2, 0) is 42.4 Å². The number of rotatable bonds is 7. The maximum atomic E-state index is 12.9. The van der Waals surface area contributed by atoms with Crippen LogP contribution in [-0.4, -0.2) is 53.4 Å². The van der Waals surface area contributed by atoms with Crippen molar-refractivity contribution < 1.29 is 48.0 Å². The van der Waals surface area contributed by atoms with E-state index in [0.29, 0.717) is 29.7 Å². The van der Waals surface area contributed by atoms with Crippen molar-refractivity contribution in [2.45, 2.75) is 46.1 Å². The molecule has 1 N–H and O–H groups in total. The number of carboxylic acids is 1. The lowest BCUT2D eigenvalue weighted by Gasteiger charge is -2.43. The van der Waals surface area contributed by atoms with Gasteiger partial charge in [-0.05, 0) is 54.4 Å². The van der Waals surface area contributed by atoms with Gasteiger partial charge in [0.15, 0.2) is 23.0 Å². The average Bonchev–Trinajstić information content (AvgIpc) is 2.76. The molecule has 1 heterocycles. The van der Waals surface area contributed by atoms with E-state index in [4.69, 9.17) is 18.9 Å². The predicted octanol–water partition coefficient (Wildman–Crippen LogP) is 2.40. The summed E-state index contributed by atoms with van der Waals surface area (Å²) in [6.07, 6.45) is 0.354. The van der Waals surface area contributed by atoms with Crippen LogP contribution in [0.3, 0.4) is 0 Å². The molecule has 1 unspecified atom stereocenters. The molecule has 1 atom stereocenters. The fourth-order valence-corrected chi connectivity index (χ4v) is 4.36. The quantitative estimate of drug-likeness (QED) is 0.430. The molecule has 0 bridgehead atoms. The van der Waals surface area contributed by atoms with Crippen LogP contribution in [0.2, 0.25) is 0 Å². The second kappa shape index (κ2) is 10.8. The van der Waals surface area contributed by atoms with E-state index in [1.807, 2.05) is 0 Å². The number of hydrogen-bond donors (Lipinski definition) is 1. The molecule has 11 heteroatoms. The van der Waals surface area contributed by atoms with Gasteiger partial charge in [-0.25, -0.2) is 4.79 Å². The molecule has 196 valence electrons. The summed E-state index contributed by atoms with van der Waals surface area (Å²) in [4.78, 5) is 61.0. The van der Waals surface area contributed by atoms with E-state index >= 15 is 0 Å². The van der Waals surface area contributed by atoms with Gasteiger partial charge in [-0.1, -0.05) is 6.07 Å². The zero-order chi connectivity index (χ0) is 27.5. The van der Waals surface area contributed by atoms with Crippen LogP contribution in [0.25, 0.3) is 0 Å². The third kappa shape index (κ3) is 5.95. The molecule has 0 fully saturated rings. The fraction of sp³-hybridized carbons (Fsp3) is 0.346. The summed E-state index contributed by atoms with van der Waals surface area (Å²) in [5, 5.41) is 10.6. The van der Waals surface area contributed by atoms with Crippen molar-refractivity contribution in [1.29, 1.82) is 0 Å². The Hall–Kier alpha value is -4.25. The van der Waals surface area contributed by atoms with Crippen LogP contribution < -0.4 is 18.9 Å². The number of nitrogens with zero attached hydrogens (tertiary/aromatic N) is 1. The van der Waals surface area contributed by atoms with Crippen LogP contribution in [0.5, 0.6) is 23.0 Å². The highest BCUT2D eigenvalue weighted by molar-refractivity contribution is 5.84. The molecule has 3 rings (SSSR count). The van der Waals surface area contributed by atoms with E-state index in [1.54, 1.807) is 18.0 Å². The van der Waals surface area contributed by atoms with Gasteiger partial charge in [0.05, 0.1) is 0 Å². The van der Waals surface area contributed by atoms with Crippen LogP contribution >= 0.6 is 0 Å². The van der Waals surface area contributed by atoms with Gasteiger partial charge in [0, 0.05) is 40.7 Å². The van der Waals surface area contributed by atoms with Crippen molar-refractivity contribution in [3.8, 4) is 23.0 Å². The molecule has 0 saturated heterocycles. The molecule has 2 aromatic carbocycles. The normalized spacial score (nSPS) is 16.8. The Labute approximate surface area is 212 Å². The number of benzene rings is 2. The molecule has 37 heavy (non-hydrogen) atoms. The molecule has 0 amide bonds. The van der Waals surface area contributed by atoms with Crippen LogP contribution in [0.15, 0.2) is 30.3 Å². The van der Waals surface area contributed by atoms with Crippen molar-refractivity contribution in [1.82, 2.24) is 4.90 Å². The van der Waals surface area contributed by atoms with Gasteiger partial charge in [-0.3, -0.25) is 24.1 Å². The second-order valence-electron chi connectivity index (χ2n) is 8.63. The Morgan fingerprint density at radius 1 is 0.784 bits per heavy atom. The third-order valence-electron chi connectivity index (χ3n) is 5.82. The number of aliphatic carboxylic acids is 1. The zero-order valence-electron chi connectivity index (χ0n) is 21.1. The summed E-state index contributed by atoms with van der Waals surface area (Å²) < 4.78 is 20.8. The van der Waals surface area contributed by atoms with Crippen LogP contribution in [0, 0.1) is 0 Å². The van der Waals surface area contributed by atoms with Crippen LogP contribution in [0.4, 0.5) is 0 Å². The Morgan fingerprint density at radius 3 is 1.78 bits per heavy atom. The summed E-state index contributed by atoms with van der Waals surface area (Å²) >= 11 is 0. The molecular weight excluding hydrogens is 486 g/mol. The van der Waals surface area contributed by atoms with Crippen molar-refractivity contribution in [3.63, 3.8) is 0 Å². The number of fused-ring (bicyclic) bond motifs is 1. The highest BCUT2D eigenvalue weighted by Gasteiger charge is 2.48. The number of likely N-dealkylation sites (N-methyl/N-ethyl adjacent to an activating group) is 1. The molecule has 0 radical (unpaired) electrons. The number of ether oxygens (including phenoxy) is 4. The smallest absolute Gasteiger partial charge is 0.329 e. The highest BCUT2D eigenvalue weighted by Crippen LogP contribution is 2.44. The molecule has 0 aliphatic carbocycles. The first kappa shape index (κ1) is 27.3. The Bertz CT molecular complexity index is 1280.